The molecule has 2 aliphatic carbocycles. The Balaban J connectivity index is 1.76. The summed E-state index contributed by atoms with van der Waals surface area (Å²) in [5.74, 6) is 1.01. The summed E-state index contributed by atoms with van der Waals surface area (Å²) in [5, 5.41) is 0. The molecule has 4 rings (SSSR count). The van der Waals surface area contributed by atoms with E-state index < -0.39 is 0 Å². The van der Waals surface area contributed by atoms with Crippen LogP contribution in [-0.2, 0) is 10.2 Å². The molecule has 0 aliphatic heterocycles. The van der Waals surface area contributed by atoms with Crippen LogP contribution in [0.15, 0.2) is 53.8 Å². The van der Waals surface area contributed by atoms with Gasteiger partial charge in [0.25, 0.3) is 0 Å². The molecule has 106 valence electrons. The molecule has 2 unspecified atom stereocenters. The summed E-state index contributed by atoms with van der Waals surface area (Å²) in [7, 11) is 0. The predicted molar refractivity (Wildman–Crippen MR) is 79.7 cm³/mol. The minimum atomic E-state index is -0.0302. The quantitative estimate of drug-likeness (QED) is 0.800. The first kappa shape index (κ1) is 12.6. The van der Waals surface area contributed by atoms with Crippen molar-refractivity contribution >= 4 is 5.78 Å². The largest absolute Gasteiger partial charge is 0.445 e. The van der Waals surface area contributed by atoms with Crippen molar-refractivity contribution in [2.75, 3.05) is 0 Å². The molecular weight excluding hydrogens is 262 g/mol. The van der Waals surface area contributed by atoms with E-state index >= 15 is 0 Å². The van der Waals surface area contributed by atoms with Gasteiger partial charge in [-0.3, -0.25) is 4.79 Å². The number of carbonyl (C=O) groups excluding carboxylic acids is 1. The van der Waals surface area contributed by atoms with Crippen LogP contribution < -0.4 is 0 Å². The minimum absolute atomic E-state index is 0.0302. The highest BCUT2D eigenvalue weighted by atomic mass is 16.3. The lowest BCUT2D eigenvalue weighted by molar-refractivity contribution is -0.121. The van der Waals surface area contributed by atoms with Gasteiger partial charge >= 0.3 is 0 Å². The third-order valence-electron chi connectivity index (χ3n) is 5.27. The molecule has 0 saturated heterocycles. The fourth-order valence-electron chi connectivity index (χ4n) is 4.05. The van der Waals surface area contributed by atoms with Crippen molar-refractivity contribution in [3.05, 3.63) is 54.9 Å². The van der Waals surface area contributed by atoms with Crippen LogP contribution in [0.25, 0.3) is 11.5 Å². The number of hydrogen-bond acceptors (Lipinski definition) is 3. The maximum Gasteiger partial charge on any atom is 0.225 e. The fraction of sp³-hybridized carbons (Fsp3) is 0.333. The fourth-order valence-corrected chi connectivity index (χ4v) is 4.05. The Hall–Kier alpha value is -2.16. The minimum Gasteiger partial charge on any atom is -0.445 e. The van der Waals surface area contributed by atoms with Crippen LogP contribution >= 0.6 is 0 Å². The average Bonchev–Trinajstić information content (AvgIpc) is 2.90. The Morgan fingerprint density at radius 1 is 1.38 bits per heavy atom. The van der Waals surface area contributed by atoms with Gasteiger partial charge in [0.15, 0.2) is 0 Å². The second-order valence-electron chi connectivity index (χ2n) is 6.25. The zero-order valence-electron chi connectivity index (χ0n) is 11.8. The molecule has 21 heavy (non-hydrogen) atoms. The molecule has 2 fully saturated rings. The predicted octanol–water partition coefficient (Wildman–Crippen LogP) is 3.91. The number of benzene rings is 1. The number of allylic oxidation sites excluding steroid dienone is 1. The van der Waals surface area contributed by atoms with Crippen molar-refractivity contribution < 1.29 is 9.21 Å². The Bertz CT molecular complexity index is 715. The lowest BCUT2D eigenvalue weighted by Gasteiger charge is -2.28. The van der Waals surface area contributed by atoms with Gasteiger partial charge in [0.2, 0.25) is 5.89 Å². The van der Waals surface area contributed by atoms with Gasteiger partial charge in [-0.25, -0.2) is 4.98 Å². The number of hydrogen-bond donors (Lipinski definition) is 0. The average molecular weight is 279 g/mol. The molecule has 0 N–H and O–H groups in total. The van der Waals surface area contributed by atoms with E-state index in [1.165, 1.54) is 5.56 Å². The maximum absolute atomic E-state index is 11.8. The van der Waals surface area contributed by atoms with Crippen molar-refractivity contribution in [1.82, 2.24) is 4.98 Å². The lowest BCUT2D eigenvalue weighted by atomic mass is 9.75. The number of Topliss-reactive ketones (excluding diaryl/α,β-unsaturated/α-hetero) is 1. The van der Waals surface area contributed by atoms with Gasteiger partial charge in [-0.1, -0.05) is 18.2 Å². The van der Waals surface area contributed by atoms with E-state index in [0.717, 1.165) is 18.4 Å². The van der Waals surface area contributed by atoms with Crippen LogP contribution in [0, 0.1) is 5.41 Å². The topological polar surface area (TPSA) is 43.1 Å². The molecule has 2 saturated carbocycles. The van der Waals surface area contributed by atoms with E-state index in [1.54, 1.807) is 12.5 Å². The molecule has 0 amide bonds. The summed E-state index contributed by atoms with van der Waals surface area (Å²) >= 11 is 0. The van der Waals surface area contributed by atoms with Crippen LogP contribution in [0.4, 0.5) is 0 Å². The van der Waals surface area contributed by atoms with Crippen LogP contribution in [0.1, 0.15) is 31.2 Å². The van der Waals surface area contributed by atoms with Crippen LogP contribution in [-0.4, -0.2) is 10.8 Å². The third-order valence-corrected chi connectivity index (χ3v) is 5.27. The van der Waals surface area contributed by atoms with E-state index in [1.807, 2.05) is 18.2 Å². The molecule has 2 aromatic rings. The number of carbonyl (C=O) groups is 1. The van der Waals surface area contributed by atoms with Crippen molar-refractivity contribution in [2.24, 2.45) is 5.41 Å². The van der Waals surface area contributed by atoms with Crippen molar-refractivity contribution in [1.29, 1.82) is 0 Å². The zero-order valence-corrected chi connectivity index (χ0v) is 11.8. The molecule has 0 spiro atoms. The molecule has 1 heterocycles. The van der Waals surface area contributed by atoms with Gasteiger partial charge in [0, 0.05) is 29.2 Å². The summed E-state index contributed by atoms with van der Waals surface area (Å²) in [6.07, 6.45) is 8.52. The number of oxazole rings is 1. The van der Waals surface area contributed by atoms with Gasteiger partial charge in [-0.05, 0) is 30.5 Å². The van der Waals surface area contributed by atoms with E-state index in [2.05, 4.69) is 23.7 Å². The molecule has 0 bridgehead atoms. The summed E-state index contributed by atoms with van der Waals surface area (Å²) in [6.45, 7) is 3.99. The summed E-state index contributed by atoms with van der Waals surface area (Å²) in [6, 6.07) is 8.38. The number of nitrogens with zero attached hydrogens (tertiary/aromatic N) is 1. The Labute approximate surface area is 123 Å². The second kappa shape index (κ2) is 4.17. The number of aromatic nitrogens is 1. The van der Waals surface area contributed by atoms with E-state index in [0.29, 0.717) is 24.5 Å². The van der Waals surface area contributed by atoms with Gasteiger partial charge < -0.3 is 4.42 Å². The lowest BCUT2D eigenvalue weighted by Crippen LogP contribution is -2.26. The molecule has 0 radical (unpaired) electrons. The van der Waals surface area contributed by atoms with Crippen LogP contribution in [0.3, 0.4) is 0 Å². The summed E-state index contributed by atoms with van der Waals surface area (Å²) in [5.41, 5.74) is 2.34. The standard InChI is InChI=1S/C18H17NO2/c1-2-17-11-15(20)6-7-18(17,12-17)14-5-3-4-13(10-14)16-19-8-9-21-16/h2-5,8-10H,1,6-7,11-12H2. The van der Waals surface area contributed by atoms with Crippen LogP contribution in [0.2, 0.25) is 0 Å². The Morgan fingerprint density at radius 2 is 2.29 bits per heavy atom. The molecule has 2 atom stereocenters. The molecule has 2 aliphatic rings. The number of ketones is 1. The van der Waals surface area contributed by atoms with E-state index in [-0.39, 0.29) is 10.8 Å². The van der Waals surface area contributed by atoms with Gasteiger partial charge in [0.1, 0.15) is 12.0 Å². The summed E-state index contributed by atoms with van der Waals surface area (Å²) < 4.78 is 5.39. The smallest absolute Gasteiger partial charge is 0.225 e. The van der Waals surface area contributed by atoms with Gasteiger partial charge in [-0.2, -0.15) is 0 Å². The highest BCUT2D eigenvalue weighted by Gasteiger charge is 2.68. The van der Waals surface area contributed by atoms with Crippen LogP contribution in [0.5, 0.6) is 0 Å². The van der Waals surface area contributed by atoms with E-state index in [4.69, 9.17) is 4.42 Å². The molecular formula is C18H17NO2. The highest BCUT2D eigenvalue weighted by Crippen LogP contribution is 2.71. The van der Waals surface area contributed by atoms with Crippen molar-refractivity contribution in [2.45, 2.75) is 31.1 Å². The summed E-state index contributed by atoms with van der Waals surface area (Å²) in [4.78, 5) is 16.0. The van der Waals surface area contributed by atoms with Crippen molar-refractivity contribution in [3.8, 4) is 11.5 Å². The first-order valence-electron chi connectivity index (χ1n) is 7.35. The normalized spacial score (nSPS) is 30.8. The van der Waals surface area contributed by atoms with E-state index in [9.17, 15) is 4.79 Å². The Kier molecular flexibility index (Phi) is 2.49. The molecule has 1 aromatic heterocycles. The second-order valence-corrected chi connectivity index (χ2v) is 6.25. The number of fused-ring (bicyclic) bond motifs is 1. The molecule has 3 nitrogen and oxygen atoms in total. The maximum atomic E-state index is 11.8. The molecule has 3 heteroatoms. The first-order chi connectivity index (χ1) is 10.2. The monoisotopic (exact) mass is 279 g/mol. The Morgan fingerprint density at radius 3 is 3.05 bits per heavy atom. The third kappa shape index (κ3) is 1.67. The van der Waals surface area contributed by atoms with Crippen molar-refractivity contribution in [3.63, 3.8) is 0 Å². The molecule has 1 aromatic carbocycles. The first-order valence-corrected chi connectivity index (χ1v) is 7.35. The SMILES string of the molecule is C=CC12CC(=O)CCC1(c1cccc(-c3ncco3)c1)C2. The zero-order chi connectivity index (χ0) is 14.5. The number of rotatable bonds is 3. The van der Waals surface area contributed by atoms with Gasteiger partial charge in [-0.15, -0.1) is 6.58 Å². The highest BCUT2D eigenvalue weighted by molar-refractivity contribution is 5.83. The van der Waals surface area contributed by atoms with Gasteiger partial charge in [0.05, 0.1) is 6.20 Å².